The Balaban J connectivity index is 1.89. The maximum Gasteiger partial charge on any atom is 0.240 e. The first kappa shape index (κ1) is 18.0. The van der Waals surface area contributed by atoms with Crippen molar-refractivity contribution < 1.29 is 18.1 Å². The van der Waals surface area contributed by atoms with Crippen molar-refractivity contribution in [3.63, 3.8) is 0 Å². The van der Waals surface area contributed by atoms with Crippen LogP contribution < -0.4 is 9.62 Å². The summed E-state index contributed by atoms with van der Waals surface area (Å²) in [5.41, 5.74) is 0.584. The topological polar surface area (TPSA) is 59.8 Å². The van der Waals surface area contributed by atoms with Crippen LogP contribution in [-0.2, 0) is 14.8 Å². The lowest BCUT2D eigenvalue weighted by molar-refractivity contribution is -0.908. The van der Waals surface area contributed by atoms with Gasteiger partial charge in [0.1, 0.15) is 13.1 Å². The number of benzene rings is 1. The van der Waals surface area contributed by atoms with Crippen LogP contribution in [0.15, 0.2) is 17.0 Å². The maximum atomic E-state index is 12.3. The van der Waals surface area contributed by atoms with Gasteiger partial charge < -0.3 is 9.64 Å². The van der Waals surface area contributed by atoms with Gasteiger partial charge in [0.25, 0.3) is 0 Å². The second-order valence-electron chi connectivity index (χ2n) is 5.40. The van der Waals surface area contributed by atoms with Crippen molar-refractivity contribution in [2.45, 2.75) is 18.2 Å². The van der Waals surface area contributed by atoms with E-state index in [1.807, 2.05) is 0 Å². The van der Waals surface area contributed by atoms with Crippen LogP contribution in [0.25, 0.3) is 0 Å². The number of rotatable bonds is 6. The standard InChI is InChI=1S/C14H20Cl2N2O3S/c1-11-9-12(15)13(16)10-14(11)22(19,20)17-3-2-4-18-5-7-21-8-6-18/h9-10,17H,2-8H2,1H3/p+1. The first-order valence-corrected chi connectivity index (χ1v) is 9.50. The molecule has 1 aromatic carbocycles. The highest BCUT2D eigenvalue weighted by Crippen LogP contribution is 2.27. The molecule has 0 spiro atoms. The Kier molecular flexibility index (Phi) is 6.49. The molecule has 5 nitrogen and oxygen atoms in total. The van der Waals surface area contributed by atoms with E-state index >= 15 is 0 Å². The monoisotopic (exact) mass is 367 g/mol. The maximum absolute atomic E-state index is 12.3. The molecule has 1 fully saturated rings. The second kappa shape index (κ2) is 7.95. The molecular formula is C14H21Cl2N2O3S+. The van der Waals surface area contributed by atoms with Crippen LogP contribution in [0.2, 0.25) is 10.0 Å². The summed E-state index contributed by atoms with van der Waals surface area (Å²) in [6.07, 6.45) is 0.787. The van der Waals surface area contributed by atoms with Crippen molar-refractivity contribution in [1.82, 2.24) is 4.72 Å². The van der Waals surface area contributed by atoms with Gasteiger partial charge in [-0.3, -0.25) is 0 Å². The third kappa shape index (κ3) is 4.81. The van der Waals surface area contributed by atoms with E-state index < -0.39 is 10.0 Å². The molecule has 8 heteroatoms. The van der Waals surface area contributed by atoms with Crippen molar-refractivity contribution in [3.8, 4) is 0 Å². The molecule has 0 aromatic heterocycles. The van der Waals surface area contributed by atoms with Gasteiger partial charge in [-0.2, -0.15) is 0 Å². The molecule has 0 amide bonds. The fourth-order valence-corrected chi connectivity index (χ4v) is 4.22. The molecule has 2 rings (SSSR count). The lowest BCUT2D eigenvalue weighted by Crippen LogP contribution is -3.14. The van der Waals surface area contributed by atoms with E-state index in [-0.39, 0.29) is 9.92 Å². The highest BCUT2D eigenvalue weighted by atomic mass is 35.5. The molecule has 0 saturated carbocycles. The molecule has 0 radical (unpaired) electrons. The zero-order chi connectivity index (χ0) is 16.2. The minimum atomic E-state index is -3.56. The van der Waals surface area contributed by atoms with Crippen LogP contribution in [0, 0.1) is 6.92 Å². The van der Waals surface area contributed by atoms with Gasteiger partial charge in [-0.1, -0.05) is 23.2 Å². The largest absolute Gasteiger partial charge is 0.370 e. The SMILES string of the molecule is Cc1cc(Cl)c(Cl)cc1S(=O)(=O)NCCC[NH+]1CCOCC1. The van der Waals surface area contributed by atoms with Gasteiger partial charge in [0.2, 0.25) is 10.0 Å². The molecule has 1 saturated heterocycles. The molecule has 1 aliphatic heterocycles. The molecule has 0 bridgehead atoms. The third-order valence-electron chi connectivity index (χ3n) is 3.71. The fourth-order valence-electron chi connectivity index (χ4n) is 2.45. The summed E-state index contributed by atoms with van der Waals surface area (Å²) in [7, 11) is -3.56. The van der Waals surface area contributed by atoms with Crippen LogP contribution in [0.3, 0.4) is 0 Å². The molecule has 1 heterocycles. The Hall–Kier alpha value is -0.370. The first-order valence-electron chi connectivity index (χ1n) is 7.27. The number of hydrogen-bond acceptors (Lipinski definition) is 3. The quantitative estimate of drug-likeness (QED) is 0.734. The molecule has 0 aliphatic carbocycles. The van der Waals surface area contributed by atoms with Crippen LogP contribution in [0.4, 0.5) is 0 Å². The van der Waals surface area contributed by atoms with Crippen LogP contribution in [0.1, 0.15) is 12.0 Å². The number of hydrogen-bond donors (Lipinski definition) is 2. The number of sulfonamides is 1. The average Bonchev–Trinajstić information content (AvgIpc) is 2.48. The highest BCUT2D eigenvalue weighted by molar-refractivity contribution is 7.89. The van der Waals surface area contributed by atoms with E-state index in [1.165, 1.54) is 11.0 Å². The van der Waals surface area contributed by atoms with Crippen LogP contribution in [0.5, 0.6) is 0 Å². The minimum absolute atomic E-state index is 0.181. The predicted octanol–water partition coefficient (Wildman–Crippen LogP) is 0.885. The Labute approximate surface area is 141 Å². The van der Waals surface area contributed by atoms with E-state index in [4.69, 9.17) is 27.9 Å². The molecule has 124 valence electrons. The summed E-state index contributed by atoms with van der Waals surface area (Å²) >= 11 is 11.8. The van der Waals surface area contributed by atoms with Crippen LogP contribution >= 0.6 is 23.2 Å². The van der Waals surface area contributed by atoms with Crippen LogP contribution in [-0.4, -0.2) is 47.8 Å². The predicted molar refractivity (Wildman–Crippen MR) is 87.4 cm³/mol. The fraction of sp³-hybridized carbons (Fsp3) is 0.571. The third-order valence-corrected chi connectivity index (χ3v) is 6.03. The molecule has 0 atom stereocenters. The smallest absolute Gasteiger partial charge is 0.240 e. The molecule has 22 heavy (non-hydrogen) atoms. The summed E-state index contributed by atoms with van der Waals surface area (Å²) in [6.45, 7) is 6.58. The van der Waals surface area contributed by atoms with E-state index in [0.29, 0.717) is 17.1 Å². The second-order valence-corrected chi connectivity index (χ2v) is 7.95. The van der Waals surface area contributed by atoms with Gasteiger partial charge in [-0.05, 0) is 24.6 Å². The highest BCUT2D eigenvalue weighted by Gasteiger charge is 2.19. The van der Waals surface area contributed by atoms with Gasteiger partial charge in [-0.15, -0.1) is 0 Å². The van der Waals surface area contributed by atoms with E-state index in [0.717, 1.165) is 39.3 Å². The van der Waals surface area contributed by atoms with Crippen molar-refractivity contribution in [3.05, 3.63) is 27.7 Å². The summed E-state index contributed by atoms with van der Waals surface area (Å²) < 4.78 is 32.6. The molecule has 0 unspecified atom stereocenters. The Morgan fingerprint density at radius 3 is 2.55 bits per heavy atom. The van der Waals surface area contributed by atoms with Gasteiger partial charge in [0.15, 0.2) is 0 Å². The number of morpholine rings is 1. The molecule has 1 aromatic rings. The summed E-state index contributed by atoms with van der Waals surface area (Å²) in [4.78, 5) is 1.64. The van der Waals surface area contributed by atoms with Gasteiger partial charge in [-0.25, -0.2) is 13.1 Å². The number of nitrogens with one attached hydrogen (secondary N) is 2. The number of ether oxygens (including phenoxy) is 1. The van der Waals surface area contributed by atoms with E-state index in [9.17, 15) is 8.42 Å². The molecule has 2 N–H and O–H groups in total. The van der Waals surface area contributed by atoms with E-state index in [2.05, 4.69) is 4.72 Å². The molecular weight excluding hydrogens is 347 g/mol. The lowest BCUT2D eigenvalue weighted by Gasteiger charge is -2.23. The number of halogens is 2. The van der Waals surface area contributed by atoms with Gasteiger partial charge >= 0.3 is 0 Å². The van der Waals surface area contributed by atoms with Crippen molar-refractivity contribution in [2.24, 2.45) is 0 Å². The minimum Gasteiger partial charge on any atom is -0.370 e. The first-order chi connectivity index (χ1) is 10.4. The van der Waals surface area contributed by atoms with Crippen molar-refractivity contribution in [2.75, 3.05) is 39.4 Å². The number of quaternary nitrogens is 1. The van der Waals surface area contributed by atoms with E-state index in [1.54, 1.807) is 13.0 Å². The average molecular weight is 368 g/mol. The zero-order valence-electron chi connectivity index (χ0n) is 12.5. The normalized spacial score (nSPS) is 16.9. The summed E-state index contributed by atoms with van der Waals surface area (Å²) in [5.74, 6) is 0. The Morgan fingerprint density at radius 2 is 1.86 bits per heavy atom. The molecule has 1 aliphatic rings. The Morgan fingerprint density at radius 1 is 1.23 bits per heavy atom. The van der Waals surface area contributed by atoms with Crippen molar-refractivity contribution >= 4 is 33.2 Å². The van der Waals surface area contributed by atoms with Gasteiger partial charge in [0.05, 0.1) is 34.7 Å². The Bertz CT molecular complexity index is 617. The van der Waals surface area contributed by atoms with Gasteiger partial charge in [0, 0.05) is 13.0 Å². The summed E-state index contributed by atoms with van der Waals surface area (Å²) in [5, 5.41) is 0.597. The lowest BCUT2D eigenvalue weighted by atomic mass is 10.2. The number of aryl methyl sites for hydroxylation is 1. The van der Waals surface area contributed by atoms with Crippen molar-refractivity contribution in [1.29, 1.82) is 0 Å². The summed E-state index contributed by atoms with van der Waals surface area (Å²) in [6, 6.07) is 2.96. The zero-order valence-corrected chi connectivity index (χ0v) is 14.8.